The molecule has 1 saturated heterocycles. The predicted octanol–water partition coefficient (Wildman–Crippen LogP) is 3.19. The lowest BCUT2D eigenvalue weighted by molar-refractivity contribution is 0.102. The predicted molar refractivity (Wildman–Crippen MR) is 92.4 cm³/mol. The number of aromatic nitrogens is 2. The monoisotopic (exact) mass is 352 g/mol. The van der Waals surface area contributed by atoms with Crippen LogP contribution >= 0.6 is 23.1 Å². The number of likely N-dealkylation sites (tertiary alicyclic amines) is 1. The largest absolute Gasteiger partial charge is 0.466 e. The summed E-state index contributed by atoms with van der Waals surface area (Å²) >= 11 is 3.10. The fourth-order valence-corrected chi connectivity index (χ4v) is 4.43. The van der Waals surface area contributed by atoms with Crippen LogP contribution in [0.15, 0.2) is 14.8 Å². The van der Waals surface area contributed by atoms with Crippen molar-refractivity contribution in [3.05, 3.63) is 23.2 Å². The number of hydrogen-bond donors (Lipinski definition) is 1. The molecule has 2 aromatic rings. The van der Waals surface area contributed by atoms with Crippen LogP contribution in [0.1, 0.15) is 34.7 Å². The van der Waals surface area contributed by atoms with Crippen LogP contribution in [0.2, 0.25) is 0 Å². The Labute approximate surface area is 143 Å². The third-order valence-corrected chi connectivity index (χ3v) is 5.70. The van der Waals surface area contributed by atoms with Gasteiger partial charge in [0.2, 0.25) is 5.13 Å². The van der Waals surface area contributed by atoms with Crippen molar-refractivity contribution >= 4 is 34.1 Å². The zero-order chi connectivity index (χ0) is 16.2. The zero-order valence-corrected chi connectivity index (χ0v) is 14.9. The number of carbonyl (C=O) groups is 1. The molecule has 1 amide bonds. The molecule has 3 heterocycles. The summed E-state index contributed by atoms with van der Waals surface area (Å²) in [4.78, 5) is 14.7. The topological polar surface area (TPSA) is 71.3 Å². The van der Waals surface area contributed by atoms with Crippen molar-refractivity contribution in [2.45, 2.75) is 31.0 Å². The average molecular weight is 352 g/mol. The third kappa shape index (κ3) is 4.33. The van der Waals surface area contributed by atoms with Crippen LogP contribution in [0.5, 0.6) is 0 Å². The van der Waals surface area contributed by atoms with Gasteiger partial charge in [-0.3, -0.25) is 10.1 Å². The van der Waals surface area contributed by atoms with E-state index in [1.165, 1.54) is 37.3 Å². The second-order valence-electron chi connectivity index (χ2n) is 5.55. The molecule has 124 valence electrons. The number of carbonyl (C=O) groups excluding carboxylic acids is 1. The number of furan rings is 1. The number of amides is 1. The number of rotatable bonds is 6. The Morgan fingerprint density at radius 1 is 1.39 bits per heavy atom. The Hall–Kier alpha value is -1.38. The maximum Gasteiger partial charge on any atom is 0.261 e. The van der Waals surface area contributed by atoms with E-state index in [-0.39, 0.29) is 5.91 Å². The Morgan fingerprint density at radius 2 is 2.17 bits per heavy atom. The molecule has 1 fully saturated rings. The van der Waals surface area contributed by atoms with Gasteiger partial charge in [0.25, 0.3) is 5.91 Å². The van der Waals surface area contributed by atoms with E-state index in [1.54, 1.807) is 24.8 Å². The molecule has 1 aliphatic rings. The van der Waals surface area contributed by atoms with E-state index >= 15 is 0 Å². The summed E-state index contributed by atoms with van der Waals surface area (Å²) in [6, 6.07) is 1.73. The Bertz CT molecular complexity index is 677. The summed E-state index contributed by atoms with van der Waals surface area (Å²) in [6.45, 7) is 7.10. The zero-order valence-electron chi connectivity index (χ0n) is 13.3. The fourth-order valence-electron chi connectivity index (χ4n) is 2.61. The summed E-state index contributed by atoms with van der Waals surface area (Å²) in [7, 11) is 0. The first-order chi connectivity index (χ1) is 11.1. The van der Waals surface area contributed by atoms with Gasteiger partial charge in [0.1, 0.15) is 11.5 Å². The fraction of sp³-hybridized carbons (Fsp3) is 0.533. The normalized spacial score (nSPS) is 15.2. The van der Waals surface area contributed by atoms with E-state index in [9.17, 15) is 4.79 Å². The minimum atomic E-state index is -0.205. The molecule has 0 radical (unpaired) electrons. The molecular formula is C15H20N4O2S2. The van der Waals surface area contributed by atoms with Gasteiger partial charge in [-0.15, -0.1) is 10.2 Å². The molecule has 0 unspecified atom stereocenters. The van der Waals surface area contributed by atoms with E-state index in [0.29, 0.717) is 16.5 Å². The molecule has 0 aromatic carbocycles. The van der Waals surface area contributed by atoms with Gasteiger partial charge in [-0.25, -0.2) is 0 Å². The number of aryl methyl sites for hydroxylation is 2. The van der Waals surface area contributed by atoms with Crippen molar-refractivity contribution in [3.8, 4) is 0 Å². The SMILES string of the molecule is Cc1cc(C(=O)Nc2nnc(SCCN3CCCC3)s2)c(C)o1. The molecule has 0 saturated carbocycles. The van der Waals surface area contributed by atoms with Crippen LogP contribution in [0.4, 0.5) is 5.13 Å². The van der Waals surface area contributed by atoms with Crippen LogP contribution < -0.4 is 5.32 Å². The summed E-state index contributed by atoms with van der Waals surface area (Å²) in [5, 5.41) is 11.5. The van der Waals surface area contributed by atoms with E-state index in [4.69, 9.17) is 4.42 Å². The Balaban J connectivity index is 1.50. The first kappa shape index (κ1) is 16.5. The second-order valence-corrected chi connectivity index (χ2v) is 7.87. The number of nitrogens with one attached hydrogen (secondary N) is 1. The van der Waals surface area contributed by atoms with Gasteiger partial charge < -0.3 is 9.32 Å². The molecule has 0 spiro atoms. The summed E-state index contributed by atoms with van der Waals surface area (Å²) in [5.74, 6) is 2.14. The van der Waals surface area contributed by atoms with Gasteiger partial charge in [-0.05, 0) is 45.8 Å². The lowest BCUT2D eigenvalue weighted by atomic mass is 10.2. The molecule has 8 heteroatoms. The lowest BCUT2D eigenvalue weighted by Crippen LogP contribution is -2.21. The summed E-state index contributed by atoms with van der Waals surface area (Å²) < 4.78 is 6.27. The van der Waals surface area contributed by atoms with Crippen LogP contribution in [0.3, 0.4) is 0 Å². The highest BCUT2D eigenvalue weighted by atomic mass is 32.2. The highest BCUT2D eigenvalue weighted by molar-refractivity contribution is 8.01. The maximum atomic E-state index is 12.2. The van der Waals surface area contributed by atoms with Crippen LogP contribution in [-0.2, 0) is 0 Å². The van der Waals surface area contributed by atoms with Gasteiger partial charge in [0.05, 0.1) is 5.56 Å². The van der Waals surface area contributed by atoms with Gasteiger partial charge >= 0.3 is 0 Å². The number of nitrogens with zero attached hydrogens (tertiary/aromatic N) is 3. The third-order valence-electron chi connectivity index (χ3n) is 3.74. The van der Waals surface area contributed by atoms with Crippen molar-refractivity contribution < 1.29 is 9.21 Å². The number of hydrogen-bond acceptors (Lipinski definition) is 7. The van der Waals surface area contributed by atoms with Crippen LogP contribution in [0.25, 0.3) is 0 Å². The van der Waals surface area contributed by atoms with Crippen molar-refractivity contribution in [1.29, 1.82) is 0 Å². The van der Waals surface area contributed by atoms with E-state index in [2.05, 4.69) is 20.4 Å². The molecule has 23 heavy (non-hydrogen) atoms. The lowest BCUT2D eigenvalue weighted by Gasteiger charge is -2.12. The van der Waals surface area contributed by atoms with Crippen molar-refractivity contribution in [3.63, 3.8) is 0 Å². The molecule has 1 N–H and O–H groups in total. The van der Waals surface area contributed by atoms with E-state index < -0.39 is 0 Å². The summed E-state index contributed by atoms with van der Waals surface area (Å²) in [6.07, 6.45) is 2.62. The minimum Gasteiger partial charge on any atom is -0.466 e. The van der Waals surface area contributed by atoms with Gasteiger partial charge in [-0.2, -0.15) is 0 Å². The van der Waals surface area contributed by atoms with Gasteiger partial charge in [-0.1, -0.05) is 23.1 Å². The second kappa shape index (κ2) is 7.46. The molecule has 3 rings (SSSR count). The highest BCUT2D eigenvalue weighted by Crippen LogP contribution is 2.26. The number of thioether (sulfide) groups is 1. The van der Waals surface area contributed by atoms with Gasteiger partial charge in [0, 0.05) is 12.3 Å². The van der Waals surface area contributed by atoms with Gasteiger partial charge in [0.15, 0.2) is 4.34 Å². The average Bonchev–Trinajstić information content (AvgIpc) is 3.22. The molecular weight excluding hydrogens is 332 g/mol. The molecule has 6 nitrogen and oxygen atoms in total. The highest BCUT2D eigenvalue weighted by Gasteiger charge is 2.16. The smallest absolute Gasteiger partial charge is 0.261 e. The molecule has 1 aliphatic heterocycles. The first-order valence-electron chi connectivity index (χ1n) is 7.69. The standard InChI is InChI=1S/C15H20N4O2S2/c1-10-9-12(11(2)21-10)13(20)16-14-17-18-15(23-14)22-8-7-19-5-3-4-6-19/h9H,3-8H2,1-2H3,(H,16,17,20). The Morgan fingerprint density at radius 3 is 2.87 bits per heavy atom. The van der Waals surface area contributed by atoms with E-state index in [1.807, 2.05) is 6.92 Å². The van der Waals surface area contributed by atoms with Crippen molar-refractivity contribution in [1.82, 2.24) is 15.1 Å². The first-order valence-corrected chi connectivity index (χ1v) is 9.49. The number of anilines is 1. The Kier molecular flexibility index (Phi) is 5.34. The van der Waals surface area contributed by atoms with Crippen LogP contribution in [0, 0.1) is 13.8 Å². The summed E-state index contributed by atoms with van der Waals surface area (Å²) in [5.41, 5.74) is 0.543. The van der Waals surface area contributed by atoms with Crippen molar-refractivity contribution in [2.24, 2.45) is 0 Å². The van der Waals surface area contributed by atoms with Crippen LogP contribution in [-0.4, -0.2) is 46.4 Å². The molecule has 2 aromatic heterocycles. The molecule has 0 aliphatic carbocycles. The van der Waals surface area contributed by atoms with E-state index in [0.717, 1.165) is 22.4 Å². The quantitative estimate of drug-likeness (QED) is 0.636. The van der Waals surface area contributed by atoms with Crippen molar-refractivity contribution in [2.75, 3.05) is 30.7 Å². The molecule has 0 bridgehead atoms. The maximum absolute atomic E-state index is 12.2. The molecule has 0 atom stereocenters. The minimum absolute atomic E-state index is 0.205.